The van der Waals surface area contributed by atoms with E-state index in [0.717, 1.165) is 0 Å². The Balaban J connectivity index is 2.36. The molecule has 8 heteroatoms. The molecule has 106 valence electrons. The molecule has 0 unspecified atom stereocenters. The quantitative estimate of drug-likeness (QED) is 0.758. The summed E-state index contributed by atoms with van der Waals surface area (Å²) in [5.41, 5.74) is 6.15. The highest BCUT2D eigenvalue weighted by Crippen LogP contribution is 2.27. The topological polar surface area (TPSA) is 98.2 Å². The molecular formula is C12H11ClFN3O2S. The van der Waals surface area contributed by atoms with E-state index in [4.69, 9.17) is 22.5 Å². The molecule has 0 atom stereocenters. The molecule has 0 aromatic heterocycles. The first-order valence-corrected chi connectivity index (χ1v) is 7.35. The average Bonchev–Trinajstić information content (AvgIpc) is 2.33. The summed E-state index contributed by atoms with van der Waals surface area (Å²) in [4.78, 5) is -0.186. The summed E-state index contributed by atoms with van der Waals surface area (Å²) in [6, 6.07) is 8.51. The van der Waals surface area contributed by atoms with Crippen LogP contribution in [-0.2, 0) is 10.0 Å². The van der Waals surface area contributed by atoms with Gasteiger partial charge in [0.1, 0.15) is 4.90 Å². The summed E-state index contributed by atoms with van der Waals surface area (Å²) >= 11 is 5.66. The van der Waals surface area contributed by atoms with E-state index in [1.807, 2.05) is 0 Å². The van der Waals surface area contributed by atoms with Crippen LogP contribution in [0.1, 0.15) is 0 Å². The minimum Gasteiger partial charge on any atom is -0.398 e. The van der Waals surface area contributed by atoms with E-state index in [1.54, 1.807) is 6.07 Å². The molecule has 2 rings (SSSR count). The third-order valence-corrected chi connectivity index (χ3v) is 3.82. The highest BCUT2D eigenvalue weighted by atomic mass is 35.5. The van der Waals surface area contributed by atoms with Crippen LogP contribution in [0.5, 0.6) is 0 Å². The molecule has 0 aliphatic carbocycles. The van der Waals surface area contributed by atoms with Crippen LogP contribution < -0.4 is 16.2 Å². The Labute approximate surface area is 120 Å². The van der Waals surface area contributed by atoms with Crippen LogP contribution in [0.4, 0.5) is 21.5 Å². The largest absolute Gasteiger partial charge is 0.398 e. The van der Waals surface area contributed by atoms with E-state index < -0.39 is 15.8 Å². The van der Waals surface area contributed by atoms with E-state index in [0.29, 0.717) is 5.69 Å². The Bertz CT molecular complexity index is 765. The normalized spacial score (nSPS) is 11.3. The second kappa shape index (κ2) is 5.28. The van der Waals surface area contributed by atoms with Crippen molar-refractivity contribution in [3.05, 3.63) is 47.2 Å². The maximum Gasteiger partial charge on any atom is 0.240 e. The number of nitrogens with two attached hydrogens (primary N) is 2. The number of hydrogen-bond acceptors (Lipinski definition) is 4. The number of benzene rings is 2. The first kappa shape index (κ1) is 14.6. The lowest BCUT2D eigenvalue weighted by molar-refractivity contribution is 0.598. The average molecular weight is 316 g/mol. The zero-order chi connectivity index (χ0) is 14.9. The number of anilines is 3. The molecule has 0 saturated carbocycles. The van der Waals surface area contributed by atoms with Gasteiger partial charge in [-0.2, -0.15) is 0 Å². The van der Waals surface area contributed by atoms with Gasteiger partial charge in [0.15, 0.2) is 5.82 Å². The Morgan fingerprint density at radius 3 is 2.50 bits per heavy atom. The second-order valence-corrected chi connectivity index (χ2v) is 5.96. The smallest absolute Gasteiger partial charge is 0.240 e. The van der Waals surface area contributed by atoms with Gasteiger partial charge in [-0.1, -0.05) is 17.7 Å². The van der Waals surface area contributed by atoms with Gasteiger partial charge in [0.2, 0.25) is 10.0 Å². The predicted octanol–water partition coefficient (Wildman–Crippen LogP) is 2.45. The molecule has 0 aliphatic heterocycles. The number of primary sulfonamides is 1. The molecule has 0 radical (unpaired) electrons. The molecule has 0 aliphatic rings. The van der Waals surface area contributed by atoms with Gasteiger partial charge in [-0.05, 0) is 30.3 Å². The number of sulfonamides is 1. The third-order valence-electron chi connectivity index (χ3n) is 2.55. The third kappa shape index (κ3) is 3.01. The Morgan fingerprint density at radius 2 is 1.90 bits per heavy atom. The van der Waals surface area contributed by atoms with Crippen molar-refractivity contribution < 1.29 is 12.8 Å². The highest BCUT2D eigenvalue weighted by molar-refractivity contribution is 7.89. The molecule has 2 aromatic rings. The van der Waals surface area contributed by atoms with Crippen LogP contribution in [0.3, 0.4) is 0 Å². The van der Waals surface area contributed by atoms with E-state index in [2.05, 4.69) is 5.32 Å². The highest BCUT2D eigenvalue weighted by Gasteiger charge is 2.13. The number of hydrogen-bond donors (Lipinski definition) is 3. The van der Waals surface area contributed by atoms with Gasteiger partial charge in [-0.15, -0.1) is 0 Å². The van der Waals surface area contributed by atoms with Gasteiger partial charge < -0.3 is 11.1 Å². The maximum atomic E-state index is 13.7. The lowest BCUT2D eigenvalue weighted by Crippen LogP contribution is -2.14. The number of nitrogens with one attached hydrogen (secondary N) is 1. The summed E-state index contributed by atoms with van der Waals surface area (Å²) in [6.45, 7) is 0. The van der Waals surface area contributed by atoms with Crippen LogP contribution in [0.25, 0.3) is 0 Å². The van der Waals surface area contributed by atoms with E-state index >= 15 is 0 Å². The second-order valence-electron chi connectivity index (χ2n) is 4.02. The zero-order valence-electron chi connectivity index (χ0n) is 10.1. The van der Waals surface area contributed by atoms with Crippen molar-refractivity contribution in [2.45, 2.75) is 4.90 Å². The van der Waals surface area contributed by atoms with E-state index in [-0.39, 0.29) is 21.3 Å². The van der Waals surface area contributed by atoms with Crippen LogP contribution in [0.2, 0.25) is 5.02 Å². The summed E-state index contributed by atoms with van der Waals surface area (Å²) in [5.74, 6) is -0.608. The van der Waals surface area contributed by atoms with Crippen LogP contribution in [0.15, 0.2) is 41.3 Å². The van der Waals surface area contributed by atoms with Crippen LogP contribution >= 0.6 is 11.6 Å². The Hall–Kier alpha value is -1.83. The molecule has 0 amide bonds. The lowest BCUT2D eigenvalue weighted by Gasteiger charge is -2.10. The number of nitrogen functional groups attached to an aromatic ring is 1. The van der Waals surface area contributed by atoms with Gasteiger partial charge in [-0.3, -0.25) is 0 Å². The molecule has 5 N–H and O–H groups in total. The van der Waals surface area contributed by atoms with E-state index in [9.17, 15) is 12.8 Å². The summed E-state index contributed by atoms with van der Waals surface area (Å²) < 4.78 is 36.2. The minimum atomic E-state index is -3.89. The fourth-order valence-corrected chi connectivity index (χ4v) is 2.46. The zero-order valence-corrected chi connectivity index (χ0v) is 11.7. The van der Waals surface area contributed by atoms with Gasteiger partial charge in [0, 0.05) is 5.69 Å². The molecule has 0 spiro atoms. The summed E-state index contributed by atoms with van der Waals surface area (Å²) in [7, 11) is -3.89. The minimum absolute atomic E-state index is 0.0240. The van der Waals surface area contributed by atoms with Crippen molar-refractivity contribution in [1.82, 2.24) is 0 Å². The standard InChI is InChI=1S/C12H11ClFN3O2S/c13-8-2-1-3-10(12(8)14)17-7-4-5-11(9(15)6-7)20(16,18)19/h1-6,17H,15H2,(H2,16,18,19). The van der Waals surface area contributed by atoms with Crippen LogP contribution in [-0.4, -0.2) is 8.42 Å². The molecule has 5 nitrogen and oxygen atoms in total. The van der Waals surface area contributed by atoms with Gasteiger partial charge in [0.25, 0.3) is 0 Å². The molecular weight excluding hydrogens is 305 g/mol. The number of halogens is 2. The molecule has 20 heavy (non-hydrogen) atoms. The molecule has 0 bridgehead atoms. The fraction of sp³-hybridized carbons (Fsp3) is 0. The maximum absolute atomic E-state index is 13.7. The predicted molar refractivity (Wildman–Crippen MR) is 76.9 cm³/mol. The van der Waals surface area contributed by atoms with Crippen molar-refractivity contribution in [3.8, 4) is 0 Å². The SMILES string of the molecule is Nc1cc(Nc2cccc(Cl)c2F)ccc1S(N)(=O)=O. The van der Waals surface area contributed by atoms with Crippen molar-refractivity contribution in [3.63, 3.8) is 0 Å². The van der Waals surface area contributed by atoms with Crippen molar-refractivity contribution in [1.29, 1.82) is 0 Å². The van der Waals surface area contributed by atoms with Crippen LogP contribution in [0, 0.1) is 5.82 Å². The van der Waals surface area contributed by atoms with Gasteiger partial charge in [0.05, 0.1) is 16.4 Å². The van der Waals surface area contributed by atoms with Gasteiger partial charge in [-0.25, -0.2) is 17.9 Å². The molecule has 2 aromatic carbocycles. The monoisotopic (exact) mass is 315 g/mol. The molecule has 0 saturated heterocycles. The first-order valence-electron chi connectivity index (χ1n) is 5.42. The summed E-state index contributed by atoms with van der Waals surface area (Å²) in [6.07, 6.45) is 0. The first-order chi connectivity index (χ1) is 9.29. The Morgan fingerprint density at radius 1 is 1.20 bits per heavy atom. The Kier molecular flexibility index (Phi) is 3.85. The number of rotatable bonds is 3. The summed E-state index contributed by atoms with van der Waals surface area (Å²) in [5, 5.41) is 7.73. The van der Waals surface area contributed by atoms with Crippen molar-refractivity contribution in [2.24, 2.45) is 5.14 Å². The molecule has 0 heterocycles. The van der Waals surface area contributed by atoms with Crippen molar-refractivity contribution in [2.75, 3.05) is 11.1 Å². The fourth-order valence-electron chi connectivity index (χ4n) is 1.64. The van der Waals surface area contributed by atoms with Gasteiger partial charge >= 0.3 is 0 Å². The van der Waals surface area contributed by atoms with Crippen molar-refractivity contribution >= 4 is 38.7 Å². The lowest BCUT2D eigenvalue weighted by atomic mass is 10.2. The van der Waals surface area contributed by atoms with E-state index in [1.165, 1.54) is 30.3 Å². The molecule has 0 fully saturated rings.